The normalized spacial score (nSPS) is 11.8. The van der Waals surface area contributed by atoms with Gasteiger partial charge < -0.3 is 19.2 Å². The van der Waals surface area contributed by atoms with Crippen molar-refractivity contribution in [1.82, 2.24) is 5.32 Å². The van der Waals surface area contributed by atoms with Crippen molar-refractivity contribution in [3.63, 3.8) is 0 Å². The Balaban J connectivity index is 1.44. The summed E-state index contributed by atoms with van der Waals surface area (Å²) in [5.41, 5.74) is 2.26. The Labute approximate surface area is 215 Å². The van der Waals surface area contributed by atoms with Crippen LogP contribution < -0.4 is 20.4 Å². The van der Waals surface area contributed by atoms with E-state index in [-0.39, 0.29) is 35.5 Å². The number of esters is 1. The number of nitrogens with one attached hydrogen (secondary N) is 1. The number of hydrogen-bond donors (Lipinski definition) is 1. The van der Waals surface area contributed by atoms with Gasteiger partial charge in [-0.3, -0.25) is 4.79 Å². The topological polar surface area (TPSA) is 94.8 Å². The molecule has 0 fully saturated rings. The summed E-state index contributed by atoms with van der Waals surface area (Å²) in [4.78, 5) is 37.7. The molecule has 7 nitrogen and oxygen atoms in total. The Morgan fingerprint density at radius 1 is 0.946 bits per heavy atom. The van der Waals surface area contributed by atoms with Gasteiger partial charge in [-0.2, -0.15) is 0 Å². The summed E-state index contributed by atoms with van der Waals surface area (Å²) >= 11 is 0. The van der Waals surface area contributed by atoms with E-state index in [9.17, 15) is 14.4 Å². The molecular weight excluding hydrogens is 470 g/mol. The second kappa shape index (κ2) is 11.1. The second-order valence-corrected chi connectivity index (χ2v) is 9.21. The van der Waals surface area contributed by atoms with E-state index in [2.05, 4.69) is 19.2 Å². The van der Waals surface area contributed by atoms with E-state index < -0.39 is 17.5 Å². The van der Waals surface area contributed by atoms with Crippen molar-refractivity contribution in [2.75, 3.05) is 6.61 Å². The second-order valence-electron chi connectivity index (χ2n) is 9.21. The van der Waals surface area contributed by atoms with Gasteiger partial charge in [-0.15, -0.1) is 0 Å². The van der Waals surface area contributed by atoms with Gasteiger partial charge >= 0.3 is 11.6 Å². The monoisotopic (exact) mass is 499 g/mol. The number of carbonyl (C=O) groups is 2. The summed E-state index contributed by atoms with van der Waals surface area (Å²) in [6.07, 6.45) is 0. The zero-order valence-electron chi connectivity index (χ0n) is 21.2. The Kier molecular flexibility index (Phi) is 7.72. The molecule has 0 bridgehead atoms. The fourth-order valence-corrected chi connectivity index (χ4v) is 3.95. The minimum absolute atomic E-state index is 0.104. The maximum absolute atomic E-state index is 12.7. The van der Waals surface area contributed by atoms with Gasteiger partial charge in [-0.05, 0) is 60.7 Å². The predicted molar refractivity (Wildman–Crippen MR) is 141 cm³/mol. The number of ether oxygens (including phenoxy) is 2. The molecule has 1 amide bonds. The molecule has 0 aliphatic heterocycles. The molecule has 3 aromatic carbocycles. The molecule has 37 heavy (non-hydrogen) atoms. The Hall–Kier alpha value is -4.39. The number of aryl methyl sites for hydroxylation is 1. The third-order valence-electron chi connectivity index (χ3n) is 5.97. The molecule has 0 aliphatic rings. The lowest BCUT2D eigenvalue weighted by atomic mass is 10.0. The zero-order valence-corrected chi connectivity index (χ0v) is 21.2. The number of amides is 1. The van der Waals surface area contributed by atoms with Crippen molar-refractivity contribution in [3.05, 3.63) is 105 Å². The molecule has 0 saturated heterocycles. The van der Waals surface area contributed by atoms with Crippen LogP contribution in [-0.2, 0) is 4.79 Å². The average Bonchev–Trinajstić information content (AvgIpc) is 2.87. The molecule has 1 atom stereocenters. The van der Waals surface area contributed by atoms with E-state index in [0.29, 0.717) is 11.1 Å². The molecule has 1 aromatic heterocycles. The number of carbonyl (C=O) groups excluding carboxylic acids is 2. The molecule has 4 aromatic rings. The van der Waals surface area contributed by atoms with Crippen LogP contribution in [0.3, 0.4) is 0 Å². The minimum Gasteiger partial charge on any atom is -0.482 e. The van der Waals surface area contributed by atoms with Gasteiger partial charge in [0.05, 0.1) is 6.04 Å². The maximum Gasteiger partial charge on any atom is 0.349 e. The van der Waals surface area contributed by atoms with E-state index in [1.165, 1.54) is 12.1 Å². The summed E-state index contributed by atoms with van der Waals surface area (Å²) in [7, 11) is 0. The van der Waals surface area contributed by atoms with Crippen molar-refractivity contribution < 1.29 is 23.5 Å². The summed E-state index contributed by atoms with van der Waals surface area (Å²) in [5, 5.41) is 3.34. The van der Waals surface area contributed by atoms with Gasteiger partial charge in [0, 0.05) is 11.5 Å². The summed E-state index contributed by atoms with van der Waals surface area (Å²) < 4.78 is 16.5. The lowest BCUT2D eigenvalue weighted by Crippen LogP contribution is -2.30. The number of benzene rings is 3. The molecule has 7 heteroatoms. The molecule has 190 valence electrons. The van der Waals surface area contributed by atoms with E-state index in [1.807, 2.05) is 62.4 Å². The van der Waals surface area contributed by atoms with Crippen LogP contribution in [0.4, 0.5) is 0 Å². The number of fused-ring (bicyclic) bond motifs is 1. The third kappa shape index (κ3) is 6.25. The van der Waals surface area contributed by atoms with Gasteiger partial charge in [0.1, 0.15) is 22.6 Å². The minimum atomic E-state index is -0.780. The van der Waals surface area contributed by atoms with Crippen LogP contribution in [-0.4, -0.2) is 18.5 Å². The first kappa shape index (κ1) is 25.7. The van der Waals surface area contributed by atoms with Crippen LogP contribution in [0.15, 0.2) is 82.0 Å². The van der Waals surface area contributed by atoms with Gasteiger partial charge in [-0.1, -0.05) is 56.3 Å². The Morgan fingerprint density at radius 2 is 1.70 bits per heavy atom. The van der Waals surface area contributed by atoms with Crippen molar-refractivity contribution in [2.24, 2.45) is 0 Å². The highest BCUT2D eigenvalue weighted by Gasteiger charge is 2.18. The molecular formula is C30H29NO6. The number of hydrogen-bond acceptors (Lipinski definition) is 6. The summed E-state index contributed by atoms with van der Waals surface area (Å²) in [6, 6.07) is 21.1. The van der Waals surface area contributed by atoms with Crippen molar-refractivity contribution in [2.45, 2.75) is 39.7 Å². The lowest BCUT2D eigenvalue weighted by molar-refractivity contribution is -0.136. The van der Waals surface area contributed by atoms with Crippen LogP contribution >= 0.6 is 0 Å². The first-order valence-corrected chi connectivity index (χ1v) is 12.1. The van der Waals surface area contributed by atoms with Crippen molar-refractivity contribution >= 4 is 22.8 Å². The highest BCUT2D eigenvalue weighted by molar-refractivity contribution is 5.97. The van der Waals surface area contributed by atoms with Gasteiger partial charge in [0.15, 0.2) is 6.61 Å². The quantitative estimate of drug-likeness (QED) is 0.190. The molecule has 0 aliphatic carbocycles. The highest BCUT2D eigenvalue weighted by atomic mass is 16.6. The molecule has 0 radical (unpaired) electrons. The van der Waals surface area contributed by atoms with E-state index >= 15 is 0 Å². The summed E-state index contributed by atoms with van der Waals surface area (Å²) in [6.45, 7) is 7.62. The van der Waals surface area contributed by atoms with Crippen molar-refractivity contribution in [3.8, 4) is 11.5 Å². The smallest absolute Gasteiger partial charge is 0.349 e. The zero-order chi connectivity index (χ0) is 26.5. The Morgan fingerprint density at radius 3 is 2.43 bits per heavy atom. The Bertz CT molecular complexity index is 1490. The maximum atomic E-state index is 12.7. The van der Waals surface area contributed by atoms with E-state index in [0.717, 1.165) is 16.7 Å². The van der Waals surface area contributed by atoms with Crippen LogP contribution in [0.25, 0.3) is 11.0 Å². The van der Waals surface area contributed by atoms with Gasteiger partial charge in [0.25, 0.3) is 5.91 Å². The third-order valence-corrected chi connectivity index (χ3v) is 5.97. The highest BCUT2D eigenvalue weighted by Crippen LogP contribution is 2.28. The first-order valence-electron chi connectivity index (χ1n) is 12.1. The SMILES string of the molecule is Cc1ccc(C(C)C)c(OCC(=O)Oc2ccc3cc(C(=O)NC(C)c4ccccc4)c(=O)oc3c2)c1. The predicted octanol–water partition coefficient (Wildman–Crippen LogP) is 5.70. The van der Waals surface area contributed by atoms with Crippen LogP contribution in [0.2, 0.25) is 0 Å². The van der Waals surface area contributed by atoms with E-state index in [4.69, 9.17) is 13.9 Å². The number of rotatable bonds is 8. The average molecular weight is 500 g/mol. The molecule has 4 rings (SSSR count). The molecule has 1 N–H and O–H groups in total. The van der Waals surface area contributed by atoms with Crippen molar-refractivity contribution in [1.29, 1.82) is 0 Å². The first-order chi connectivity index (χ1) is 17.7. The molecule has 0 spiro atoms. The van der Waals surface area contributed by atoms with Crippen LogP contribution in [0, 0.1) is 6.92 Å². The largest absolute Gasteiger partial charge is 0.482 e. The molecule has 1 heterocycles. The van der Waals surface area contributed by atoms with Crippen LogP contribution in [0.1, 0.15) is 59.8 Å². The standard InChI is InChI=1S/C30H29NO6/c1-18(2)24-13-10-19(3)14-27(24)35-17-28(32)36-23-12-11-22-15-25(30(34)37-26(22)16-23)29(33)31-20(4)21-8-6-5-7-9-21/h5-16,18,20H,17H2,1-4H3,(H,31,33). The molecule has 1 unspecified atom stereocenters. The fourth-order valence-electron chi connectivity index (χ4n) is 3.95. The fraction of sp³-hybridized carbons (Fsp3) is 0.233. The molecule has 0 saturated carbocycles. The lowest BCUT2D eigenvalue weighted by Gasteiger charge is -2.14. The summed E-state index contributed by atoms with van der Waals surface area (Å²) in [5.74, 6) is -0.0415. The van der Waals surface area contributed by atoms with Crippen LogP contribution in [0.5, 0.6) is 11.5 Å². The van der Waals surface area contributed by atoms with E-state index in [1.54, 1.807) is 12.1 Å². The van der Waals surface area contributed by atoms with Gasteiger partial charge in [-0.25, -0.2) is 9.59 Å². The van der Waals surface area contributed by atoms with Gasteiger partial charge in [0.2, 0.25) is 0 Å².